The standard InChI is InChI=1S/C11H5FO2/c12-6-1-2-7-8-3-4-14-11(8)10(13)9(7)5-6/h1-5H. The second-order valence-electron chi connectivity index (χ2n) is 3.18. The number of carbonyl (C=O) groups is 1. The van der Waals surface area contributed by atoms with Crippen molar-refractivity contribution in [1.29, 1.82) is 0 Å². The summed E-state index contributed by atoms with van der Waals surface area (Å²) in [5, 5.41) is 0. The van der Waals surface area contributed by atoms with Gasteiger partial charge in [0.1, 0.15) is 5.82 Å². The van der Waals surface area contributed by atoms with Crippen LogP contribution in [0.1, 0.15) is 16.1 Å². The number of hydrogen-bond acceptors (Lipinski definition) is 2. The number of hydrogen-bond donors (Lipinski definition) is 0. The van der Waals surface area contributed by atoms with E-state index in [1.165, 1.54) is 18.4 Å². The van der Waals surface area contributed by atoms with Crippen molar-refractivity contribution in [2.45, 2.75) is 0 Å². The van der Waals surface area contributed by atoms with Crippen molar-refractivity contribution in [3.05, 3.63) is 47.7 Å². The maximum atomic E-state index is 12.9. The molecule has 1 heterocycles. The molecule has 0 atom stereocenters. The molecule has 1 aliphatic rings. The zero-order chi connectivity index (χ0) is 9.71. The Kier molecular flexibility index (Phi) is 1.24. The van der Waals surface area contributed by atoms with Crippen molar-refractivity contribution in [2.24, 2.45) is 0 Å². The third-order valence-electron chi connectivity index (χ3n) is 2.39. The molecular weight excluding hydrogens is 183 g/mol. The number of fused-ring (bicyclic) bond motifs is 3. The maximum Gasteiger partial charge on any atom is 0.229 e. The Morgan fingerprint density at radius 3 is 2.79 bits per heavy atom. The summed E-state index contributed by atoms with van der Waals surface area (Å²) in [7, 11) is 0. The van der Waals surface area contributed by atoms with Gasteiger partial charge in [0.25, 0.3) is 0 Å². The summed E-state index contributed by atoms with van der Waals surface area (Å²) in [6.45, 7) is 0. The molecule has 0 unspecified atom stereocenters. The summed E-state index contributed by atoms with van der Waals surface area (Å²) < 4.78 is 17.9. The smallest absolute Gasteiger partial charge is 0.229 e. The predicted octanol–water partition coefficient (Wildman–Crippen LogP) is 2.63. The van der Waals surface area contributed by atoms with Gasteiger partial charge in [0.05, 0.1) is 6.26 Å². The molecule has 2 nitrogen and oxygen atoms in total. The van der Waals surface area contributed by atoms with Crippen LogP contribution in [0.4, 0.5) is 4.39 Å². The molecule has 0 saturated heterocycles. The summed E-state index contributed by atoms with van der Waals surface area (Å²) in [5.41, 5.74) is 1.89. The Balaban J connectivity index is 2.38. The summed E-state index contributed by atoms with van der Waals surface area (Å²) in [6.07, 6.45) is 1.47. The zero-order valence-corrected chi connectivity index (χ0v) is 7.08. The Hall–Kier alpha value is -1.90. The molecule has 0 spiro atoms. The van der Waals surface area contributed by atoms with Crippen molar-refractivity contribution in [3.8, 4) is 11.1 Å². The molecule has 0 aliphatic heterocycles. The lowest BCUT2D eigenvalue weighted by molar-refractivity contribution is 0.101. The molecule has 0 amide bonds. The van der Waals surface area contributed by atoms with Crippen LogP contribution >= 0.6 is 0 Å². The molecule has 14 heavy (non-hydrogen) atoms. The van der Waals surface area contributed by atoms with E-state index in [0.717, 1.165) is 11.1 Å². The second kappa shape index (κ2) is 2.32. The van der Waals surface area contributed by atoms with E-state index in [4.69, 9.17) is 4.42 Å². The minimum absolute atomic E-state index is 0.237. The predicted molar refractivity (Wildman–Crippen MR) is 47.5 cm³/mol. The van der Waals surface area contributed by atoms with E-state index in [9.17, 15) is 9.18 Å². The quantitative estimate of drug-likeness (QED) is 0.542. The molecule has 1 aromatic heterocycles. The lowest BCUT2D eigenvalue weighted by Gasteiger charge is -1.96. The fraction of sp³-hybridized carbons (Fsp3) is 0. The summed E-state index contributed by atoms with van der Waals surface area (Å²) >= 11 is 0. The lowest BCUT2D eigenvalue weighted by Crippen LogP contribution is -1.94. The van der Waals surface area contributed by atoms with Gasteiger partial charge in [0, 0.05) is 11.1 Å². The van der Waals surface area contributed by atoms with E-state index in [1.54, 1.807) is 12.1 Å². The van der Waals surface area contributed by atoms with Gasteiger partial charge < -0.3 is 4.42 Å². The highest BCUT2D eigenvalue weighted by molar-refractivity contribution is 6.19. The van der Waals surface area contributed by atoms with Gasteiger partial charge in [0.15, 0.2) is 5.76 Å². The van der Waals surface area contributed by atoms with Crippen molar-refractivity contribution < 1.29 is 13.6 Å². The first kappa shape index (κ1) is 7.50. The SMILES string of the molecule is O=C1c2cc(F)ccc2-c2ccoc21. The Morgan fingerprint density at radius 2 is 1.93 bits per heavy atom. The van der Waals surface area contributed by atoms with Crippen molar-refractivity contribution >= 4 is 5.78 Å². The normalized spacial score (nSPS) is 12.8. The summed E-state index contributed by atoms with van der Waals surface area (Å²) in [5.74, 6) is -0.327. The van der Waals surface area contributed by atoms with Crippen LogP contribution in [0.2, 0.25) is 0 Å². The second-order valence-corrected chi connectivity index (χ2v) is 3.18. The third-order valence-corrected chi connectivity index (χ3v) is 2.39. The number of rotatable bonds is 0. The van der Waals surface area contributed by atoms with Gasteiger partial charge in [-0.3, -0.25) is 4.79 Å². The fourth-order valence-corrected chi connectivity index (χ4v) is 1.76. The van der Waals surface area contributed by atoms with E-state index >= 15 is 0 Å². The van der Waals surface area contributed by atoms with E-state index in [-0.39, 0.29) is 5.78 Å². The van der Waals surface area contributed by atoms with Crippen LogP contribution in [0.15, 0.2) is 34.9 Å². The summed E-state index contributed by atoms with van der Waals surface area (Å²) in [6, 6.07) is 5.91. The highest BCUT2D eigenvalue weighted by Crippen LogP contribution is 2.37. The van der Waals surface area contributed by atoms with E-state index in [0.29, 0.717) is 11.3 Å². The van der Waals surface area contributed by atoms with Gasteiger partial charge in [-0.15, -0.1) is 0 Å². The number of carbonyl (C=O) groups excluding carboxylic acids is 1. The first-order chi connectivity index (χ1) is 6.77. The van der Waals surface area contributed by atoms with Crippen LogP contribution < -0.4 is 0 Å². The van der Waals surface area contributed by atoms with Gasteiger partial charge in [-0.2, -0.15) is 0 Å². The average Bonchev–Trinajstić information content (AvgIpc) is 2.72. The molecule has 0 radical (unpaired) electrons. The Labute approximate surface area is 79.0 Å². The fourth-order valence-electron chi connectivity index (χ4n) is 1.76. The van der Waals surface area contributed by atoms with Crippen LogP contribution in [0.3, 0.4) is 0 Å². The highest BCUT2D eigenvalue weighted by atomic mass is 19.1. The van der Waals surface area contributed by atoms with E-state index < -0.39 is 5.82 Å². The molecule has 68 valence electrons. The first-order valence-corrected chi connectivity index (χ1v) is 4.19. The lowest BCUT2D eigenvalue weighted by atomic mass is 10.1. The van der Waals surface area contributed by atoms with Gasteiger partial charge in [-0.1, -0.05) is 6.07 Å². The Morgan fingerprint density at radius 1 is 1.07 bits per heavy atom. The van der Waals surface area contributed by atoms with Gasteiger partial charge in [-0.25, -0.2) is 4.39 Å². The summed E-state index contributed by atoms with van der Waals surface area (Å²) in [4.78, 5) is 11.6. The molecule has 0 saturated carbocycles. The van der Waals surface area contributed by atoms with E-state index in [2.05, 4.69) is 0 Å². The van der Waals surface area contributed by atoms with Crippen molar-refractivity contribution in [1.82, 2.24) is 0 Å². The highest BCUT2D eigenvalue weighted by Gasteiger charge is 2.29. The number of halogens is 1. The first-order valence-electron chi connectivity index (χ1n) is 4.19. The zero-order valence-electron chi connectivity index (χ0n) is 7.08. The number of benzene rings is 1. The van der Waals surface area contributed by atoms with Gasteiger partial charge in [0.2, 0.25) is 5.78 Å². The number of ketones is 1. The Bertz CT molecular complexity index is 540. The maximum absolute atomic E-state index is 12.9. The minimum Gasteiger partial charge on any atom is -0.460 e. The molecule has 3 heteroatoms. The number of furan rings is 1. The molecule has 1 aliphatic carbocycles. The molecule has 0 N–H and O–H groups in total. The van der Waals surface area contributed by atoms with Gasteiger partial charge in [-0.05, 0) is 23.8 Å². The van der Waals surface area contributed by atoms with Crippen LogP contribution in [0.25, 0.3) is 11.1 Å². The van der Waals surface area contributed by atoms with Gasteiger partial charge >= 0.3 is 0 Å². The largest absolute Gasteiger partial charge is 0.460 e. The van der Waals surface area contributed by atoms with E-state index in [1.807, 2.05) is 0 Å². The molecule has 0 fully saturated rings. The monoisotopic (exact) mass is 188 g/mol. The molecule has 1 aromatic carbocycles. The molecule has 2 aromatic rings. The van der Waals surface area contributed by atoms with Crippen LogP contribution in [-0.4, -0.2) is 5.78 Å². The topological polar surface area (TPSA) is 30.2 Å². The molecular formula is C11H5FO2. The van der Waals surface area contributed by atoms with Crippen LogP contribution in [-0.2, 0) is 0 Å². The minimum atomic E-state index is -0.401. The third kappa shape index (κ3) is 0.763. The van der Waals surface area contributed by atoms with Crippen LogP contribution in [0.5, 0.6) is 0 Å². The molecule has 0 bridgehead atoms. The van der Waals surface area contributed by atoms with Crippen molar-refractivity contribution in [3.63, 3.8) is 0 Å². The molecule has 3 rings (SSSR count). The van der Waals surface area contributed by atoms with Crippen molar-refractivity contribution in [2.75, 3.05) is 0 Å². The van der Waals surface area contributed by atoms with Crippen LogP contribution in [0, 0.1) is 5.82 Å². The average molecular weight is 188 g/mol.